The van der Waals surface area contributed by atoms with Crippen molar-refractivity contribution in [3.63, 3.8) is 0 Å². The Balaban J connectivity index is 2.51. The van der Waals surface area contributed by atoms with Gasteiger partial charge in [-0.2, -0.15) is 0 Å². The van der Waals surface area contributed by atoms with Crippen LogP contribution in [0.1, 0.15) is 18.9 Å². The first kappa shape index (κ1) is 15.1. The SMILES string of the molecule is CCCNC(=O)CS(=O)Cc1ccc(F)cc1Cl. The zero-order valence-corrected chi connectivity index (χ0v) is 11.6. The molecule has 3 nitrogen and oxygen atoms in total. The molecule has 0 aliphatic heterocycles. The van der Waals surface area contributed by atoms with Gasteiger partial charge >= 0.3 is 0 Å². The Kier molecular flexibility index (Phi) is 6.29. The first-order valence-electron chi connectivity index (χ1n) is 5.58. The highest BCUT2D eigenvalue weighted by atomic mass is 35.5. The van der Waals surface area contributed by atoms with Gasteiger partial charge in [-0.3, -0.25) is 9.00 Å². The largest absolute Gasteiger partial charge is 0.355 e. The summed E-state index contributed by atoms with van der Waals surface area (Å²) in [6, 6.07) is 3.92. The molecule has 6 heteroatoms. The molecular formula is C12H15ClFNO2S. The molecule has 1 N–H and O–H groups in total. The Bertz CT molecular complexity index is 454. The van der Waals surface area contributed by atoms with Crippen molar-refractivity contribution in [1.29, 1.82) is 0 Å². The summed E-state index contributed by atoms with van der Waals surface area (Å²) in [6.07, 6.45) is 0.835. The third-order valence-electron chi connectivity index (χ3n) is 2.20. The Morgan fingerprint density at radius 1 is 1.50 bits per heavy atom. The summed E-state index contributed by atoms with van der Waals surface area (Å²) in [5.41, 5.74) is 0.583. The predicted octanol–water partition coefficient (Wildman–Crippen LogP) is 2.25. The Labute approximate surface area is 113 Å². The number of benzene rings is 1. The molecule has 1 unspecified atom stereocenters. The van der Waals surface area contributed by atoms with Gasteiger partial charge in [0.2, 0.25) is 5.91 Å². The van der Waals surface area contributed by atoms with Crippen LogP contribution in [0.25, 0.3) is 0 Å². The minimum absolute atomic E-state index is 0.0618. The summed E-state index contributed by atoms with van der Waals surface area (Å²) >= 11 is 5.82. The second kappa shape index (κ2) is 7.48. The Morgan fingerprint density at radius 3 is 2.83 bits per heavy atom. The van der Waals surface area contributed by atoms with Gasteiger partial charge in [-0.05, 0) is 24.1 Å². The molecule has 0 bridgehead atoms. The van der Waals surface area contributed by atoms with Gasteiger partial charge in [-0.25, -0.2) is 4.39 Å². The predicted molar refractivity (Wildman–Crippen MR) is 71.4 cm³/mol. The van der Waals surface area contributed by atoms with Crippen LogP contribution in [0.3, 0.4) is 0 Å². The van der Waals surface area contributed by atoms with Crippen molar-refractivity contribution in [2.75, 3.05) is 12.3 Å². The lowest BCUT2D eigenvalue weighted by Crippen LogP contribution is -2.29. The van der Waals surface area contributed by atoms with Crippen molar-refractivity contribution in [2.45, 2.75) is 19.1 Å². The van der Waals surface area contributed by atoms with Gasteiger partial charge in [0, 0.05) is 22.4 Å². The normalized spacial score (nSPS) is 12.2. The first-order chi connectivity index (χ1) is 8.52. The molecule has 1 atom stereocenters. The Hall–Kier alpha value is -0.940. The van der Waals surface area contributed by atoms with Crippen LogP contribution in [0.4, 0.5) is 4.39 Å². The number of rotatable bonds is 6. The zero-order chi connectivity index (χ0) is 13.5. The zero-order valence-electron chi connectivity index (χ0n) is 10.0. The molecule has 1 aromatic rings. The summed E-state index contributed by atoms with van der Waals surface area (Å²) in [4.78, 5) is 11.3. The monoisotopic (exact) mass is 291 g/mol. The number of nitrogens with one attached hydrogen (secondary N) is 1. The van der Waals surface area contributed by atoms with Crippen molar-refractivity contribution in [3.05, 3.63) is 34.6 Å². The van der Waals surface area contributed by atoms with E-state index in [0.717, 1.165) is 6.42 Å². The van der Waals surface area contributed by atoms with Gasteiger partial charge in [0.15, 0.2) is 0 Å². The summed E-state index contributed by atoms with van der Waals surface area (Å²) in [6.45, 7) is 2.52. The van der Waals surface area contributed by atoms with E-state index in [4.69, 9.17) is 11.6 Å². The van der Waals surface area contributed by atoms with Crippen LogP contribution in [0.5, 0.6) is 0 Å². The molecule has 0 saturated heterocycles. The molecule has 0 saturated carbocycles. The maximum atomic E-state index is 12.8. The highest BCUT2D eigenvalue weighted by Crippen LogP contribution is 2.18. The van der Waals surface area contributed by atoms with Gasteiger partial charge < -0.3 is 5.32 Å². The molecular weight excluding hydrogens is 277 g/mol. The standard InChI is InChI=1S/C12H15ClFNO2S/c1-2-5-15-12(16)8-18(17)7-9-3-4-10(14)6-11(9)13/h3-4,6H,2,5,7-8H2,1H3,(H,15,16). The molecule has 18 heavy (non-hydrogen) atoms. The second-order valence-corrected chi connectivity index (χ2v) is 5.68. The highest BCUT2D eigenvalue weighted by Gasteiger charge is 2.10. The molecule has 1 rings (SSSR count). The van der Waals surface area contributed by atoms with E-state index in [1.807, 2.05) is 6.92 Å². The molecule has 100 valence electrons. The van der Waals surface area contributed by atoms with Crippen LogP contribution < -0.4 is 5.32 Å². The maximum absolute atomic E-state index is 12.8. The van der Waals surface area contributed by atoms with Crippen LogP contribution in [-0.2, 0) is 21.3 Å². The van der Waals surface area contributed by atoms with Crippen molar-refractivity contribution in [1.82, 2.24) is 5.32 Å². The first-order valence-corrected chi connectivity index (χ1v) is 7.45. The van der Waals surface area contributed by atoms with E-state index in [2.05, 4.69) is 5.32 Å². The molecule has 0 radical (unpaired) electrons. The fourth-order valence-electron chi connectivity index (χ4n) is 1.32. The average Bonchev–Trinajstić information content (AvgIpc) is 2.30. The molecule has 0 aliphatic rings. The number of amides is 1. The van der Waals surface area contributed by atoms with Gasteiger partial charge in [-0.15, -0.1) is 0 Å². The van der Waals surface area contributed by atoms with Crippen LogP contribution in [0.2, 0.25) is 5.02 Å². The van der Waals surface area contributed by atoms with E-state index < -0.39 is 16.6 Å². The minimum Gasteiger partial charge on any atom is -0.355 e. The fraction of sp³-hybridized carbons (Fsp3) is 0.417. The number of carbonyl (C=O) groups excluding carboxylic acids is 1. The van der Waals surface area contributed by atoms with Gasteiger partial charge in [0.05, 0.1) is 5.75 Å². The van der Waals surface area contributed by atoms with Crippen molar-refractivity contribution in [2.24, 2.45) is 0 Å². The second-order valence-electron chi connectivity index (χ2n) is 3.81. The number of hydrogen-bond acceptors (Lipinski definition) is 2. The molecule has 0 fully saturated rings. The minimum atomic E-state index is -1.34. The van der Waals surface area contributed by atoms with E-state index in [1.165, 1.54) is 18.2 Å². The van der Waals surface area contributed by atoms with Gasteiger partial charge in [-0.1, -0.05) is 24.6 Å². The van der Waals surface area contributed by atoms with E-state index in [1.54, 1.807) is 0 Å². The number of halogens is 2. The van der Waals surface area contributed by atoms with Gasteiger partial charge in [0.25, 0.3) is 0 Å². The molecule has 1 amide bonds. The van der Waals surface area contributed by atoms with Crippen LogP contribution in [0, 0.1) is 5.82 Å². The topological polar surface area (TPSA) is 46.2 Å². The summed E-state index contributed by atoms with van der Waals surface area (Å²) in [5.74, 6) is -0.588. The van der Waals surface area contributed by atoms with Crippen molar-refractivity contribution >= 4 is 28.3 Å². The van der Waals surface area contributed by atoms with Crippen molar-refractivity contribution in [3.8, 4) is 0 Å². The van der Waals surface area contributed by atoms with Crippen LogP contribution >= 0.6 is 11.6 Å². The third kappa shape index (κ3) is 5.14. The number of carbonyl (C=O) groups is 1. The number of hydrogen-bond donors (Lipinski definition) is 1. The smallest absolute Gasteiger partial charge is 0.232 e. The quantitative estimate of drug-likeness (QED) is 0.874. The third-order valence-corrected chi connectivity index (χ3v) is 3.76. The Morgan fingerprint density at radius 2 is 2.22 bits per heavy atom. The molecule has 1 aromatic carbocycles. The summed E-state index contributed by atoms with van der Waals surface area (Å²) in [5, 5.41) is 2.88. The molecule has 0 aromatic heterocycles. The lowest BCUT2D eigenvalue weighted by molar-refractivity contribution is -0.118. The van der Waals surface area contributed by atoms with Crippen LogP contribution in [0.15, 0.2) is 18.2 Å². The van der Waals surface area contributed by atoms with Crippen LogP contribution in [-0.4, -0.2) is 22.4 Å². The highest BCUT2D eigenvalue weighted by molar-refractivity contribution is 7.84. The summed E-state index contributed by atoms with van der Waals surface area (Å²) < 4.78 is 24.5. The van der Waals surface area contributed by atoms with E-state index in [-0.39, 0.29) is 22.4 Å². The van der Waals surface area contributed by atoms with E-state index in [9.17, 15) is 13.4 Å². The van der Waals surface area contributed by atoms with E-state index in [0.29, 0.717) is 12.1 Å². The lowest BCUT2D eigenvalue weighted by Gasteiger charge is -2.05. The molecule has 0 heterocycles. The van der Waals surface area contributed by atoms with Gasteiger partial charge in [0.1, 0.15) is 11.6 Å². The lowest BCUT2D eigenvalue weighted by atomic mass is 10.2. The maximum Gasteiger partial charge on any atom is 0.232 e. The fourth-order valence-corrected chi connectivity index (χ4v) is 2.73. The summed E-state index contributed by atoms with van der Waals surface area (Å²) in [7, 11) is -1.34. The molecule has 0 aliphatic carbocycles. The van der Waals surface area contributed by atoms with Crippen molar-refractivity contribution < 1.29 is 13.4 Å². The molecule has 0 spiro atoms. The average molecular weight is 292 g/mol. The van der Waals surface area contributed by atoms with E-state index >= 15 is 0 Å².